The molecule has 0 unspecified atom stereocenters. The van der Waals surface area contributed by atoms with Crippen molar-refractivity contribution in [1.29, 1.82) is 0 Å². The van der Waals surface area contributed by atoms with Crippen molar-refractivity contribution < 1.29 is 4.74 Å². The van der Waals surface area contributed by atoms with Gasteiger partial charge in [-0.2, -0.15) is 0 Å². The molecule has 3 heterocycles. The van der Waals surface area contributed by atoms with E-state index in [1.54, 1.807) is 13.4 Å². The Kier molecular flexibility index (Phi) is 4.09. The molecule has 2 aromatic heterocycles. The topological polar surface area (TPSA) is 64.0 Å². The third-order valence-corrected chi connectivity index (χ3v) is 5.17. The van der Waals surface area contributed by atoms with E-state index in [-0.39, 0.29) is 0 Å². The fourth-order valence-electron chi connectivity index (χ4n) is 3.67. The summed E-state index contributed by atoms with van der Waals surface area (Å²) >= 11 is 0. The zero-order valence-electron chi connectivity index (χ0n) is 15.5. The number of benzene rings is 2. The van der Waals surface area contributed by atoms with Crippen molar-refractivity contribution in [3.63, 3.8) is 0 Å². The molecule has 1 aliphatic rings. The van der Waals surface area contributed by atoms with E-state index < -0.39 is 0 Å². The number of aromatic nitrogens is 4. The van der Waals surface area contributed by atoms with Crippen LogP contribution in [0.1, 0.15) is 11.6 Å². The Labute approximate surface area is 162 Å². The average Bonchev–Trinajstić information content (AvgIpc) is 2.73. The van der Waals surface area contributed by atoms with Crippen molar-refractivity contribution in [2.75, 3.05) is 25.1 Å². The first kappa shape index (κ1) is 16.6. The molecule has 138 valence electrons. The van der Waals surface area contributed by atoms with Gasteiger partial charge in [-0.3, -0.25) is 0 Å². The van der Waals surface area contributed by atoms with Crippen LogP contribution in [0.25, 0.3) is 22.0 Å². The quantitative estimate of drug-likeness (QED) is 0.547. The van der Waals surface area contributed by atoms with Crippen molar-refractivity contribution >= 4 is 16.9 Å². The second-order valence-electron chi connectivity index (χ2n) is 6.85. The van der Waals surface area contributed by atoms with Crippen molar-refractivity contribution in [1.82, 2.24) is 19.9 Å². The fraction of sp³-hybridized carbons (Fsp3) is 0.182. The lowest BCUT2D eigenvalue weighted by Crippen LogP contribution is -2.46. The molecule has 0 bridgehead atoms. The highest BCUT2D eigenvalue weighted by molar-refractivity contribution is 5.78. The summed E-state index contributed by atoms with van der Waals surface area (Å²) in [6.45, 7) is 1.66. The van der Waals surface area contributed by atoms with E-state index in [9.17, 15) is 0 Å². The third kappa shape index (κ3) is 2.83. The SMILES string of the molecule is COc1ccccc1-c1cncnc1C1CN(c2ncc3ccccc3n2)C1. The maximum absolute atomic E-state index is 5.53. The van der Waals surface area contributed by atoms with Crippen LogP contribution < -0.4 is 9.64 Å². The van der Waals surface area contributed by atoms with E-state index in [0.29, 0.717) is 5.92 Å². The second kappa shape index (κ2) is 6.88. The summed E-state index contributed by atoms with van der Waals surface area (Å²) in [4.78, 5) is 20.2. The van der Waals surface area contributed by atoms with Gasteiger partial charge in [0.25, 0.3) is 0 Å². The summed E-state index contributed by atoms with van der Waals surface area (Å²) < 4.78 is 5.53. The molecule has 1 fully saturated rings. The van der Waals surface area contributed by atoms with E-state index in [1.165, 1.54) is 0 Å². The van der Waals surface area contributed by atoms with Crippen LogP contribution in [0.3, 0.4) is 0 Å². The zero-order valence-corrected chi connectivity index (χ0v) is 15.5. The van der Waals surface area contributed by atoms with Gasteiger partial charge in [-0.05, 0) is 12.1 Å². The highest BCUT2D eigenvalue weighted by atomic mass is 16.5. The van der Waals surface area contributed by atoms with Gasteiger partial charge in [0.15, 0.2) is 0 Å². The molecule has 0 N–H and O–H groups in total. The Balaban J connectivity index is 1.42. The summed E-state index contributed by atoms with van der Waals surface area (Å²) in [7, 11) is 1.68. The zero-order chi connectivity index (χ0) is 18.9. The predicted molar refractivity (Wildman–Crippen MR) is 109 cm³/mol. The van der Waals surface area contributed by atoms with Gasteiger partial charge in [-0.15, -0.1) is 0 Å². The maximum atomic E-state index is 5.53. The molecule has 0 aliphatic carbocycles. The van der Waals surface area contributed by atoms with Crippen LogP contribution in [0.2, 0.25) is 0 Å². The molecule has 6 nitrogen and oxygen atoms in total. The number of hydrogen-bond acceptors (Lipinski definition) is 6. The predicted octanol–water partition coefficient (Wildman–Crippen LogP) is 3.70. The molecular formula is C22H19N5O. The van der Waals surface area contributed by atoms with Crippen LogP contribution in [0.5, 0.6) is 5.75 Å². The monoisotopic (exact) mass is 369 g/mol. The van der Waals surface area contributed by atoms with Crippen LogP contribution in [-0.2, 0) is 0 Å². The molecule has 28 heavy (non-hydrogen) atoms. The van der Waals surface area contributed by atoms with Crippen molar-refractivity contribution in [2.24, 2.45) is 0 Å². The first-order chi connectivity index (χ1) is 13.8. The summed E-state index contributed by atoms with van der Waals surface area (Å²) in [5.74, 6) is 1.90. The largest absolute Gasteiger partial charge is 0.496 e. The molecule has 6 heteroatoms. The number of nitrogens with zero attached hydrogens (tertiary/aromatic N) is 5. The van der Waals surface area contributed by atoms with E-state index in [2.05, 4.69) is 19.9 Å². The highest BCUT2D eigenvalue weighted by Crippen LogP contribution is 2.37. The van der Waals surface area contributed by atoms with Crippen molar-refractivity contribution in [3.8, 4) is 16.9 Å². The third-order valence-electron chi connectivity index (χ3n) is 5.17. The number of para-hydroxylation sites is 2. The summed E-state index contributed by atoms with van der Waals surface area (Å²) in [5.41, 5.74) is 4.04. The molecule has 0 saturated carbocycles. The summed E-state index contributed by atoms with van der Waals surface area (Å²) in [6.07, 6.45) is 5.37. The van der Waals surface area contributed by atoms with Crippen LogP contribution in [0.4, 0.5) is 5.95 Å². The molecule has 0 radical (unpaired) electrons. The molecule has 4 aromatic rings. The summed E-state index contributed by atoms with van der Waals surface area (Å²) in [5, 5.41) is 1.05. The maximum Gasteiger partial charge on any atom is 0.225 e. The van der Waals surface area contributed by atoms with Gasteiger partial charge >= 0.3 is 0 Å². The standard InChI is InChI=1S/C22H19N5O/c1-28-20-9-5-3-7-17(20)18-11-23-14-25-21(18)16-12-27(13-16)22-24-10-15-6-2-4-8-19(15)26-22/h2-11,14,16H,12-13H2,1H3. The van der Waals surface area contributed by atoms with Gasteiger partial charge < -0.3 is 9.64 Å². The number of fused-ring (bicyclic) bond motifs is 1. The van der Waals surface area contributed by atoms with Crippen LogP contribution >= 0.6 is 0 Å². The van der Waals surface area contributed by atoms with Crippen LogP contribution in [-0.4, -0.2) is 40.1 Å². The first-order valence-corrected chi connectivity index (χ1v) is 9.23. The van der Waals surface area contributed by atoms with Gasteiger partial charge in [0.05, 0.1) is 18.3 Å². The number of anilines is 1. The lowest BCUT2D eigenvalue weighted by molar-refractivity contribution is 0.416. The van der Waals surface area contributed by atoms with Crippen LogP contribution in [0.15, 0.2) is 67.3 Å². The van der Waals surface area contributed by atoms with Gasteiger partial charge in [-0.25, -0.2) is 19.9 Å². The molecule has 0 amide bonds. The Bertz CT molecular complexity index is 1140. The van der Waals surface area contributed by atoms with E-state index in [4.69, 9.17) is 9.72 Å². The fourth-order valence-corrected chi connectivity index (χ4v) is 3.67. The van der Waals surface area contributed by atoms with Crippen molar-refractivity contribution in [3.05, 3.63) is 72.9 Å². The number of rotatable bonds is 4. The Morgan fingerprint density at radius 1 is 0.929 bits per heavy atom. The van der Waals surface area contributed by atoms with Crippen LogP contribution in [0, 0.1) is 0 Å². The molecule has 0 spiro atoms. The highest BCUT2D eigenvalue weighted by Gasteiger charge is 2.33. The van der Waals surface area contributed by atoms with E-state index in [0.717, 1.165) is 52.5 Å². The Morgan fingerprint density at radius 2 is 1.75 bits per heavy atom. The minimum absolute atomic E-state index is 0.304. The smallest absolute Gasteiger partial charge is 0.225 e. The lowest BCUT2D eigenvalue weighted by atomic mass is 9.90. The molecule has 2 aromatic carbocycles. The molecule has 5 rings (SSSR count). The molecular weight excluding hydrogens is 350 g/mol. The Morgan fingerprint density at radius 3 is 2.64 bits per heavy atom. The van der Waals surface area contributed by atoms with Gasteiger partial charge in [0.2, 0.25) is 5.95 Å². The van der Waals surface area contributed by atoms with Crippen molar-refractivity contribution in [2.45, 2.75) is 5.92 Å². The second-order valence-corrected chi connectivity index (χ2v) is 6.85. The lowest BCUT2D eigenvalue weighted by Gasteiger charge is -2.39. The van der Waals surface area contributed by atoms with Gasteiger partial charge in [-0.1, -0.05) is 36.4 Å². The molecule has 0 atom stereocenters. The van der Waals surface area contributed by atoms with Gasteiger partial charge in [0, 0.05) is 47.9 Å². The average molecular weight is 369 g/mol. The van der Waals surface area contributed by atoms with E-state index in [1.807, 2.05) is 60.9 Å². The first-order valence-electron chi connectivity index (χ1n) is 9.23. The molecule has 1 aliphatic heterocycles. The normalized spacial score (nSPS) is 14.1. The summed E-state index contributed by atoms with van der Waals surface area (Å²) in [6, 6.07) is 16.0. The number of methoxy groups -OCH3 is 1. The molecule has 1 saturated heterocycles. The van der Waals surface area contributed by atoms with E-state index >= 15 is 0 Å². The van der Waals surface area contributed by atoms with Gasteiger partial charge in [0.1, 0.15) is 12.1 Å². The number of ether oxygens (including phenoxy) is 1. The minimum atomic E-state index is 0.304. The Hall–Kier alpha value is -3.54. The number of hydrogen-bond donors (Lipinski definition) is 0. The minimum Gasteiger partial charge on any atom is -0.496 e.